The van der Waals surface area contributed by atoms with Gasteiger partial charge in [-0.25, -0.2) is 0 Å². The lowest BCUT2D eigenvalue weighted by Crippen LogP contribution is -2.03. The molecule has 1 N–H and O–H groups in total. The summed E-state index contributed by atoms with van der Waals surface area (Å²) < 4.78 is 0. The van der Waals surface area contributed by atoms with E-state index in [2.05, 4.69) is 25.2 Å². The molecule has 1 aromatic heterocycles. The minimum atomic E-state index is -0.0124. The Hall–Kier alpha value is -1.87. The van der Waals surface area contributed by atoms with Gasteiger partial charge in [-0.15, -0.1) is 11.3 Å². The van der Waals surface area contributed by atoms with Crippen molar-refractivity contribution < 1.29 is 4.79 Å². The molecule has 90 valence electrons. The summed E-state index contributed by atoms with van der Waals surface area (Å²) in [7, 11) is 0. The van der Waals surface area contributed by atoms with Gasteiger partial charge in [0.15, 0.2) is 0 Å². The Morgan fingerprint density at radius 3 is 2.72 bits per heavy atom. The van der Waals surface area contributed by atoms with Crippen LogP contribution in [0.3, 0.4) is 0 Å². The van der Waals surface area contributed by atoms with Gasteiger partial charge in [0.1, 0.15) is 0 Å². The average Bonchev–Trinajstić information content (AvgIpc) is 2.81. The highest BCUT2D eigenvalue weighted by Crippen LogP contribution is 2.34. The number of hydrogen-bond acceptors (Lipinski definition) is 2. The fraction of sp³-hybridized carbons (Fsp3) is 0.133. The van der Waals surface area contributed by atoms with Crippen LogP contribution in [0, 0.1) is 13.8 Å². The number of benzene rings is 1. The maximum atomic E-state index is 12.0. The van der Waals surface area contributed by atoms with Crippen molar-refractivity contribution in [3.63, 3.8) is 0 Å². The van der Waals surface area contributed by atoms with E-state index in [4.69, 9.17) is 0 Å². The first-order chi connectivity index (χ1) is 8.65. The molecule has 0 saturated heterocycles. The Morgan fingerprint density at radius 1 is 1.22 bits per heavy atom. The summed E-state index contributed by atoms with van der Waals surface area (Å²) in [5, 5.41) is 2.89. The molecule has 0 radical (unpaired) electrons. The highest BCUT2D eigenvalue weighted by molar-refractivity contribution is 7.13. The van der Waals surface area contributed by atoms with Crippen LogP contribution in [0.4, 0.5) is 5.69 Å². The molecule has 0 unspecified atom stereocenters. The number of carbonyl (C=O) groups is 1. The van der Waals surface area contributed by atoms with Crippen LogP contribution in [0.2, 0.25) is 0 Å². The Balaban J connectivity index is 2.12. The summed E-state index contributed by atoms with van der Waals surface area (Å²) in [6.45, 7) is 4.16. The first kappa shape index (κ1) is 11.2. The molecule has 0 fully saturated rings. The molecule has 2 aromatic rings. The van der Waals surface area contributed by atoms with Crippen LogP contribution in [0.25, 0.3) is 11.6 Å². The van der Waals surface area contributed by atoms with Crippen LogP contribution in [0.1, 0.15) is 20.9 Å². The minimum absolute atomic E-state index is 0.0124. The number of thiophene rings is 1. The Labute approximate surface area is 110 Å². The first-order valence-corrected chi connectivity index (χ1v) is 6.66. The zero-order valence-electron chi connectivity index (χ0n) is 10.3. The van der Waals surface area contributed by atoms with Crippen LogP contribution >= 0.6 is 11.3 Å². The molecule has 3 heteroatoms. The SMILES string of the molecule is Cc1cc(C)c(/C=C2\C(=O)Nc3ccccc32)s1. The number of fused-ring (bicyclic) bond motifs is 1. The van der Waals surface area contributed by atoms with E-state index in [1.54, 1.807) is 11.3 Å². The highest BCUT2D eigenvalue weighted by atomic mass is 32.1. The summed E-state index contributed by atoms with van der Waals surface area (Å²) in [5.74, 6) is -0.0124. The van der Waals surface area contributed by atoms with Crippen molar-refractivity contribution in [3.8, 4) is 0 Å². The smallest absolute Gasteiger partial charge is 0.256 e. The average molecular weight is 255 g/mol. The third-order valence-electron chi connectivity index (χ3n) is 3.06. The van der Waals surface area contributed by atoms with E-state index in [0.29, 0.717) is 0 Å². The van der Waals surface area contributed by atoms with Gasteiger partial charge in [0.2, 0.25) is 0 Å². The lowest BCUT2D eigenvalue weighted by molar-refractivity contribution is -0.110. The van der Waals surface area contributed by atoms with Gasteiger partial charge in [0.05, 0.1) is 5.57 Å². The Bertz CT molecular complexity index is 667. The van der Waals surface area contributed by atoms with E-state index >= 15 is 0 Å². The molecule has 1 amide bonds. The molecular weight excluding hydrogens is 242 g/mol. The van der Waals surface area contributed by atoms with E-state index < -0.39 is 0 Å². The lowest BCUT2D eigenvalue weighted by atomic mass is 10.1. The fourth-order valence-corrected chi connectivity index (χ4v) is 3.20. The largest absolute Gasteiger partial charge is 0.321 e. The Kier molecular flexibility index (Phi) is 2.56. The zero-order valence-corrected chi connectivity index (χ0v) is 11.1. The topological polar surface area (TPSA) is 29.1 Å². The van der Waals surface area contributed by atoms with Crippen LogP contribution in [-0.2, 0) is 4.79 Å². The molecule has 2 nitrogen and oxygen atoms in total. The summed E-state index contributed by atoms with van der Waals surface area (Å²) in [4.78, 5) is 14.4. The summed E-state index contributed by atoms with van der Waals surface area (Å²) >= 11 is 1.72. The van der Waals surface area contributed by atoms with Gasteiger partial charge in [-0.1, -0.05) is 18.2 Å². The van der Waals surface area contributed by atoms with Crippen LogP contribution in [-0.4, -0.2) is 5.91 Å². The van der Waals surface area contributed by atoms with Crippen molar-refractivity contribution >= 4 is 34.6 Å². The van der Waals surface area contributed by atoms with Crippen molar-refractivity contribution in [2.24, 2.45) is 0 Å². The van der Waals surface area contributed by atoms with Crippen molar-refractivity contribution in [3.05, 3.63) is 51.2 Å². The minimum Gasteiger partial charge on any atom is -0.321 e. The van der Waals surface area contributed by atoms with Crippen molar-refractivity contribution in [2.75, 3.05) is 5.32 Å². The van der Waals surface area contributed by atoms with E-state index in [1.165, 1.54) is 10.4 Å². The third-order valence-corrected chi connectivity index (χ3v) is 4.16. The van der Waals surface area contributed by atoms with Gasteiger partial charge in [-0.05, 0) is 37.6 Å². The second-order valence-corrected chi connectivity index (χ2v) is 5.75. The first-order valence-electron chi connectivity index (χ1n) is 5.84. The molecule has 1 aliphatic rings. The number of aryl methyl sites for hydroxylation is 2. The van der Waals surface area contributed by atoms with Crippen molar-refractivity contribution in [1.29, 1.82) is 0 Å². The van der Waals surface area contributed by atoms with E-state index in [0.717, 1.165) is 21.7 Å². The maximum absolute atomic E-state index is 12.0. The number of amides is 1. The van der Waals surface area contributed by atoms with Crippen molar-refractivity contribution in [2.45, 2.75) is 13.8 Å². The predicted molar refractivity (Wildman–Crippen MR) is 76.7 cm³/mol. The molecule has 2 heterocycles. The molecule has 3 rings (SSSR count). The van der Waals surface area contributed by atoms with Crippen LogP contribution in [0.15, 0.2) is 30.3 Å². The van der Waals surface area contributed by atoms with Gasteiger partial charge in [-0.2, -0.15) is 0 Å². The predicted octanol–water partition coefficient (Wildman–Crippen LogP) is 3.86. The van der Waals surface area contributed by atoms with Crippen LogP contribution < -0.4 is 5.32 Å². The van der Waals surface area contributed by atoms with E-state index in [-0.39, 0.29) is 5.91 Å². The molecule has 18 heavy (non-hydrogen) atoms. The standard InChI is InChI=1S/C15H13NOS/c1-9-7-10(2)18-14(9)8-12-11-5-3-4-6-13(11)16-15(12)17/h3-8H,1-2H3,(H,16,17)/b12-8-. The number of nitrogens with one attached hydrogen (secondary N) is 1. The highest BCUT2D eigenvalue weighted by Gasteiger charge is 2.23. The second kappa shape index (κ2) is 4.10. The van der Waals surface area contributed by atoms with Gasteiger partial charge < -0.3 is 5.32 Å². The number of anilines is 1. The van der Waals surface area contributed by atoms with E-state index in [1.807, 2.05) is 30.3 Å². The van der Waals surface area contributed by atoms with Gasteiger partial charge in [0, 0.05) is 21.0 Å². The van der Waals surface area contributed by atoms with E-state index in [9.17, 15) is 4.79 Å². The molecule has 0 spiro atoms. The Morgan fingerprint density at radius 2 is 2.00 bits per heavy atom. The summed E-state index contributed by atoms with van der Waals surface area (Å²) in [5.41, 5.74) is 3.88. The second-order valence-electron chi connectivity index (χ2n) is 4.46. The number of rotatable bonds is 1. The van der Waals surface area contributed by atoms with Crippen LogP contribution in [0.5, 0.6) is 0 Å². The number of carbonyl (C=O) groups excluding carboxylic acids is 1. The number of hydrogen-bond donors (Lipinski definition) is 1. The third kappa shape index (κ3) is 1.77. The van der Waals surface area contributed by atoms with Gasteiger partial charge in [-0.3, -0.25) is 4.79 Å². The van der Waals surface area contributed by atoms with Crippen molar-refractivity contribution in [1.82, 2.24) is 0 Å². The lowest BCUT2D eigenvalue weighted by Gasteiger charge is -1.97. The fourth-order valence-electron chi connectivity index (χ4n) is 2.22. The summed E-state index contributed by atoms with van der Waals surface area (Å²) in [6.07, 6.45) is 1.99. The quantitative estimate of drug-likeness (QED) is 0.770. The molecule has 1 aromatic carbocycles. The summed E-state index contributed by atoms with van der Waals surface area (Å²) in [6, 6.07) is 9.95. The van der Waals surface area contributed by atoms with Gasteiger partial charge >= 0.3 is 0 Å². The molecule has 0 atom stereocenters. The molecule has 0 bridgehead atoms. The monoisotopic (exact) mass is 255 g/mol. The number of para-hydroxylation sites is 1. The molecule has 0 saturated carbocycles. The zero-order chi connectivity index (χ0) is 12.7. The maximum Gasteiger partial charge on any atom is 0.256 e. The molecule has 1 aliphatic heterocycles. The molecule has 0 aliphatic carbocycles. The molecular formula is C15H13NOS. The normalized spacial score (nSPS) is 15.9. The van der Waals surface area contributed by atoms with Gasteiger partial charge in [0.25, 0.3) is 5.91 Å².